The van der Waals surface area contributed by atoms with E-state index in [1.807, 2.05) is 6.92 Å². The maximum absolute atomic E-state index is 13.8. The van der Waals surface area contributed by atoms with E-state index in [9.17, 15) is 19.2 Å². The van der Waals surface area contributed by atoms with Gasteiger partial charge in [-0.15, -0.1) is 0 Å². The van der Waals surface area contributed by atoms with Gasteiger partial charge in [-0.2, -0.15) is 0 Å². The summed E-state index contributed by atoms with van der Waals surface area (Å²) >= 11 is 6.12. The van der Waals surface area contributed by atoms with Crippen LogP contribution >= 0.6 is 11.6 Å². The number of ketones is 1. The molecular formula is C26H22ClN3O4. The van der Waals surface area contributed by atoms with Crippen LogP contribution in [0.15, 0.2) is 63.7 Å². The zero-order chi connectivity index (χ0) is 24.3. The molecule has 0 fully saturated rings. The molecule has 2 aliphatic rings. The Bertz CT molecular complexity index is 1530. The maximum atomic E-state index is 13.8. The third-order valence-corrected chi connectivity index (χ3v) is 6.78. The summed E-state index contributed by atoms with van der Waals surface area (Å²) in [4.78, 5) is 55.2. The molecule has 0 saturated heterocycles. The van der Waals surface area contributed by atoms with Crippen molar-refractivity contribution in [2.75, 3.05) is 4.90 Å². The molecule has 1 aliphatic carbocycles. The second-order valence-corrected chi connectivity index (χ2v) is 8.98. The van der Waals surface area contributed by atoms with E-state index in [1.165, 1.54) is 16.5 Å². The van der Waals surface area contributed by atoms with Crippen LogP contribution < -0.4 is 16.1 Å². The number of amides is 1. The monoisotopic (exact) mass is 475 g/mol. The molecule has 0 saturated carbocycles. The van der Waals surface area contributed by atoms with Crippen LogP contribution in [0.3, 0.4) is 0 Å². The van der Waals surface area contributed by atoms with Gasteiger partial charge in [0.15, 0.2) is 5.78 Å². The van der Waals surface area contributed by atoms with E-state index >= 15 is 0 Å². The first-order chi connectivity index (χ1) is 16.3. The van der Waals surface area contributed by atoms with Crippen LogP contribution in [-0.2, 0) is 18.9 Å². The molecule has 1 aliphatic heterocycles. The molecule has 2 heterocycles. The van der Waals surface area contributed by atoms with Gasteiger partial charge in [0.1, 0.15) is 5.82 Å². The summed E-state index contributed by atoms with van der Waals surface area (Å²) in [5.41, 5.74) is 1.69. The molecule has 0 bridgehead atoms. The fourth-order valence-electron chi connectivity index (χ4n) is 4.98. The Kier molecular flexibility index (Phi) is 5.17. The van der Waals surface area contributed by atoms with E-state index in [2.05, 4.69) is 0 Å². The standard InChI is InChI=1S/C26H22ClN3O4/c1-4-7-18(31)30-22-16-8-5-6-9-17(16)23(32)20(22)19(14-10-12-15(27)13-11-14)21-24(30)28(2)26(34)29(3)25(21)33/h5-6,8-13,19H,4,7H2,1-3H3/t19-/m0/s1. The first-order valence-electron chi connectivity index (χ1n) is 11.0. The van der Waals surface area contributed by atoms with Crippen LogP contribution in [-0.4, -0.2) is 20.8 Å². The number of benzene rings is 2. The lowest BCUT2D eigenvalue weighted by Crippen LogP contribution is -2.47. The molecule has 1 aromatic heterocycles. The molecule has 5 rings (SSSR count). The van der Waals surface area contributed by atoms with Gasteiger partial charge in [-0.25, -0.2) is 4.79 Å². The van der Waals surface area contributed by atoms with Gasteiger partial charge in [0.2, 0.25) is 5.91 Å². The highest BCUT2D eigenvalue weighted by atomic mass is 35.5. The number of fused-ring (bicyclic) bond motifs is 3. The first kappa shape index (κ1) is 22.1. The molecule has 0 N–H and O–H groups in total. The highest BCUT2D eigenvalue weighted by Gasteiger charge is 2.47. The molecule has 172 valence electrons. The lowest BCUT2D eigenvalue weighted by atomic mass is 9.81. The van der Waals surface area contributed by atoms with Gasteiger partial charge in [0.05, 0.1) is 11.3 Å². The zero-order valence-corrected chi connectivity index (χ0v) is 19.7. The Balaban J connectivity index is 1.96. The molecule has 3 aromatic rings. The van der Waals surface area contributed by atoms with Crippen molar-refractivity contribution in [1.82, 2.24) is 9.13 Å². The van der Waals surface area contributed by atoms with Gasteiger partial charge in [-0.05, 0) is 24.1 Å². The van der Waals surface area contributed by atoms with E-state index in [0.29, 0.717) is 39.4 Å². The summed E-state index contributed by atoms with van der Waals surface area (Å²) < 4.78 is 2.34. The smallest absolute Gasteiger partial charge is 0.289 e. The van der Waals surface area contributed by atoms with Gasteiger partial charge in [-0.3, -0.25) is 28.4 Å². The van der Waals surface area contributed by atoms with Crippen LogP contribution in [0.1, 0.15) is 52.7 Å². The largest absolute Gasteiger partial charge is 0.332 e. The quantitative estimate of drug-likeness (QED) is 0.579. The van der Waals surface area contributed by atoms with Crippen LogP contribution in [0.4, 0.5) is 5.82 Å². The van der Waals surface area contributed by atoms with Crippen LogP contribution in [0, 0.1) is 0 Å². The summed E-state index contributed by atoms with van der Waals surface area (Å²) in [6.07, 6.45) is 0.768. The molecule has 0 unspecified atom stereocenters. The minimum atomic E-state index is -0.765. The van der Waals surface area contributed by atoms with Crippen molar-refractivity contribution in [3.63, 3.8) is 0 Å². The third-order valence-electron chi connectivity index (χ3n) is 6.52. The van der Waals surface area contributed by atoms with Crippen LogP contribution in [0.25, 0.3) is 5.70 Å². The fourth-order valence-corrected chi connectivity index (χ4v) is 5.11. The van der Waals surface area contributed by atoms with E-state index < -0.39 is 17.2 Å². The lowest BCUT2D eigenvalue weighted by molar-refractivity contribution is -0.117. The SMILES string of the molecule is CCCC(=O)N1C2=C(C(=O)c3ccccc32)[C@H](c2ccc(Cl)cc2)c2c1n(C)c(=O)n(C)c2=O. The zero-order valence-electron chi connectivity index (χ0n) is 19.0. The van der Waals surface area contributed by atoms with Crippen LogP contribution in [0.5, 0.6) is 0 Å². The average Bonchev–Trinajstić information content (AvgIpc) is 3.13. The van der Waals surface area contributed by atoms with Gasteiger partial charge in [-0.1, -0.05) is 54.9 Å². The molecule has 1 atom stereocenters. The van der Waals surface area contributed by atoms with Gasteiger partial charge >= 0.3 is 5.69 Å². The van der Waals surface area contributed by atoms with Crippen molar-refractivity contribution >= 4 is 34.8 Å². The highest BCUT2D eigenvalue weighted by molar-refractivity contribution is 6.30. The Morgan fingerprint density at radius 1 is 0.941 bits per heavy atom. The topological polar surface area (TPSA) is 81.4 Å². The average molecular weight is 476 g/mol. The second kappa shape index (κ2) is 7.95. The van der Waals surface area contributed by atoms with Crippen molar-refractivity contribution in [2.45, 2.75) is 25.7 Å². The molecule has 0 radical (unpaired) electrons. The summed E-state index contributed by atoms with van der Waals surface area (Å²) in [5, 5.41) is 0.517. The van der Waals surface area contributed by atoms with Crippen molar-refractivity contribution < 1.29 is 9.59 Å². The van der Waals surface area contributed by atoms with Gasteiger partial charge < -0.3 is 0 Å². The number of hydrogen-bond acceptors (Lipinski definition) is 4. The molecule has 1 amide bonds. The summed E-state index contributed by atoms with van der Waals surface area (Å²) in [6, 6.07) is 14.0. The predicted molar refractivity (Wildman–Crippen MR) is 130 cm³/mol. The van der Waals surface area contributed by atoms with Crippen LogP contribution in [0.2, 0.25) is 5.02 Å². The molecular weight excluding hydrogens is 454 g/mol. The maximum Gasteiger partial charge on any atom is 0.332 e. The Morgan fingerprint density at radius 3 is 2.24 bits per heavy atom. The number of Topliss-reactive ketones (excluding diaryl/α,β-unsaturated/α-hetero) is 1. The fraction of sp³-hybridized carbons (Fsp3) is 0.231. The number of anilines is 1. The van der Waals surface area contributed by atoms with Gasteiger partial charge in [0.25, 0.3) is 5.56 Å². The second-order valence-electron chi connectivity index (χ2n) is 8.54. The van der Waals surface area contributed by atoms with Gasteiger partial charge in [0, 0.05) is 48.2 Å². The van der Waals surface area contributed by atoms with E-state index in [1.54, 1.807) is 55.6 Å². The summed E-state index contributed by atoms with van der Waals surface area (Å²) in [5.74, 6) is -1.08. The lowest BCUT2D eigenvalue weighted by Gasteiger charge is -2.36. The van der Waals surface area contributed by atoms with E-state index in [-0.39, 0.29) is 29.5 Å². The number of carbonyl (C=O) groups excluding carboxylic acids is 2. The normalized spacial score (nSPS) is 16.4. The predicted octanol–water partition coefficient (Wildman–Crippen LogP) is 3.62. The Morgan fingerprint density at radius 2 is 1.59 bits per heavy atom. The molecule has 2 aromatic carbocycles. The third kappa shape index (κ3) is 2.97. The van der Waals surface area contributed by atoms with Crippen molar-refractivity contribution in [1.29, 1.82) is 0 Å². The first-order valence-corrected chi connectivity index (χ1v) is 11.4. The summed E-state index contributed by atoms with van der Waals surface area (Å²) in [7, 11) is 2.94. The molecule has 0 spiro atoms. The minimum Gasteiger partial charge on any atom is -0.289 e. The number of rotatable bonds is 3. The van der Waals surface area contributed by atoms with E-state index in [0.717, 1.165) is 4.57 Å². The highest BCUT2D eigenvalue weighted by Crippen LogP contribution is 2.51. The molecule has 8 heteroatoms. The van der Waals surface area contributed by atoms with Crippen molar-refractivity contribution in [2.24, 2.45) is 14.1 Å². The number of allylic oxidation sites excluding steroid dienone is 1. The minimum absolute atomic E-state index is 0.196. The number of halogens is 1. The number of aromatic nitrogens is 2. The Hall–Kier alpha value is -3.71. The van der Waals surface area contributed by atoms with Crippen molar-refractivity contribution in [3.05, 3.63) is 102 Å². The number of hydrogen-bond donors (Lipinski definition) is 0. The summed E-state index contributed by atoms with van der Waals surface area (Å²) in [6.45, 7) is 1.88. The molecule has 34 heavy (non-hydrogen) atoms. The number of nitrogens with zero attached hydrogens (tertiary/aromatic N) is 3. The molecule has 7 nitrogen and oxygen atoms in total. The Labute approximate surface area is 200 Å². The van der Waals surface area contributed by atoms with Crippen molar-refractivity contribution in [3.8, 4) is 0 Å². The van der Waals surface area contributed by atoms with E-state index in [4.69, 9.17) is 11.6 Å². The number of carbonyl (C=O) groups is 2.